The van der Waals surface area contributed by atoms with Crippen LogP contribution in [0.4, 0.5) is 10.1 Å². The number of aromatic nitrogens is 2. The second kappa shape index (κ2) is 10.1. The molecule has 10 heteroatoms. The van der Waals surface area contributed by atoms with Gasteiger partial charge in [-0.05, 0) is 36.4 Å². The number of benzene rings is 2. The van der Waals surface area contributed by atoms with Crippen LogP contribution in [0.3, 0.4) is 0 Å². The predicted octanol–water partition coefficient (Wildman–Crippen LogP) is 2.78. The zero-order valence-electron chi connectivity index (χ0n) is 16.5. The molecule has 0 fully saturated rings. The largest absolute Gasteiger partial charge is 0.465 e. The Balaban J connectivity index is 1.46. The van der Waals surface area contributed by atoms with Crippen molar-refractivity contribution in [2.75, 3.05) is 19.0 Å². The molecule has 3 rings (SSSR count). The number of esters is 2. The molecule has 31 heavy (non-hydrogen) atoms. The van der Waals surface area contributed by atoms with E-state index < -0.39 is 24.5 Å². The van der Waals surface area contributed by atoms with E-state index in [1.165, 1.54) is 43.5 Å². The second-order valence-corrected chi connectivity index (χ2v) is 6.26. The van der Waals surface area contributed by atoms with Crippen molar-refractivity contribution in [3.05, 3.63) is 65.8 Å². The van der Waals surface area contributed by atoms with Gasteiger partial charge in [0.15, 0.2) is 6.61 Å². The van der Waals surface area contributed by atoms with E-state index in [0.717, 1.165) is 0 Å². The van der Waals surface area contributed by atoms with Crippen LogP contribution in [-0.2, 0) is 25.5 Å². The van der Waals surface area contributed by atoms with E-state index in [0.29, 0.717) is 5.56 Å². The molecule has 1 heterocycles. The molecule has 1 aromatic heterocycles. The summed E-state index contributed by atoms with van der Waals surface area (Å²) in [6, 6.07) is 11.9. The molecular weight excluding hydrogens is 409 g/mol. The third kappa shape index (κ3) is 5.95. The Hall–Kier alpha value is -4.08. The zero-order chi connectivity index (χ0) is 22.2. The molecule has 0 aliphatic heterocycles. The number of carbonyl (C=O) groups excluding carboxylic acids is 3. The van der Waals surface area contributed by atoms with Crippen molar-refractivity contribution in [2.24, 2.45) is 0 Å². The third-order valence-electron chi connectivity index (χ3n) is 4.08. The molecule has 0 saturated heterocycles. The van der Waals surface area contributed by atoms with Gasteiger partial charge >= 0.3 is 11.9 Å². The number of nitrogens with one attached hydrogen (secondary N) is 1. The highest BCUT2D eigenvalue weighted by atomic mass is 19.1. The van der Waals surface area contributed by atoms with E-state index in [1.807, 2.05) is 0 Å². The Morgan fingerprint density at radius 2 is 1.84 bits per heavy atom. The van der Waals surface area contributed by atoms with Crippen LogP contribution in [-0.4, -0.2) is 41.7 Å². The maximum absolute atomic E-state index is 13.0. The lowest BCUT2D eigenvalue weighted by molar-refractivity contribution is -0.147. The molecule has 3 aromatic rings. The molecule has 9 nitrogen and oxygen atoms in total. The van der Waals surface area contributed by atoms with Gasteiger partial charge in [0.1, 0.15) is 5.82 Å². The molecule has 0 unspecified atom stereocenters. The van der Waals surface area contributed by atoms with E-state index in [1.54, 1.807) is 12.1 Å². The first kappa shape index (κ1) is 21.6. The van der Waals surface area contributed by atoms with Gasteiger partial charge in [-0.3, -0.25) is 9.59 Å². The Labute approximate surface area is 176 Å². The molecule has 1 N–H and O–H groups in total. The fourth-order valence-electron chi connectivity index (χ4n) is 2.57. The van der Waals surface area contributed by atoms with E-state index in [9.17, 15) is 18.8 Å². The summed E-state index contributed by atoms with van der Waals surface area (Å²) < 4.78 is 27.6. The lowest BCUT2D eigenvalue weighted by Crippen LogP contribution is -2.22. The minimum absolute atomic E-state index is 0.0862. The van der Waals surface area contributed by atoms with Crippen molar-refractivity contribution in [3.63, 3.8) is 0 Å². The molecule has 0 spiro atoms. The van der Waals surface area contributed by atoms with Gasteiger partial charge < -0.3 is 19.3 Å². The number of hydrogen-bond donors (Lipinski definition) is 1. The summed E-state index contributed by atoms with van der Waals surface area (Å²) in [6.45, 7) is -0.529. The quantitative estimate of drug-likeness (QED) is 0.545. The van der Waals surface area contributed by atoms with Gasteiger partial charge in [-0.15, -0.1) is 0 Å². The summed E-state index contributed by atoms with van der Waals surface area (Å²) in [6.07, 6.45) is 0.0247. The number of halogens is 1. The SMILES string of the molecule is COC(=O)c1ccccc1NC(=O)COC(=O)CCc1nc(-c2ccc(F)cc2)no1. The van der Waals surface area contributed by atoms with Crippen LogP contribution in [0.5, 0.6) is 0 Å². The van der Waals surface area contributed by atoms with Gasteiger partial charge in [-0.2, -0.15) is 4.98 Å². The molecule has 0 radical (unpaired) electrons. The van der Waals surface area contributed by atoms with Crippen molar-refractivity contribution in [3.8, 4) is 11.4 Å². The topological polar surface area (TPSA) is 121 Å². The minimum atomic E-state index is -0.641. The number of para-hydroxylation sites is 1. The van der Waals surface area contributed by atoms with Gasteiger partial charge in [0, 0.05) is 12.0 Å². The van der Waals surface area contributed by atoms with Crippen LogP contribution in [0.15, 0.2) is 53.1 Å². The van der Waals surface area contributed by atoms with Crippen LogP contribution in [0, 0.1) is 5.82 Å². The minimum Gasteiger partial charge on any atom is -0.465 e. The summed E-state index contributed by atoms with van der Waals surface area (Å²) in [5, 5.41) is 6.28. The summed E-state index contributed by atoms with van der Waals surface area (Å²) in [5.41, 5.74) is 0.996. The van der Waals surface area contributed by atoms with Gasteiger partial charge in [-0.25, -0.2) is 9.18 Å². The number of nitrogens with zero attached hydrogens (tertiary/aromatic N) is 2. The lowest BCUT2D eigenvalue weighted by Gasteiger charge is -2.09. The van der Waals surface area contributed by atoms with Crippen molar-refractivity contribution in [1.29, 1.82) is 0 Å². The Morgan fingerprint density at radius 1 is 1.10 bits per heavy atom. The van der Waals surface area contributed by atoms with Crippen molar-refractivity contribution in [2.45, 2.75) is 12.8 Å². The highest BCUT2D eigenvalue weighted by Gasteiger charge is 2.15. The zero-order valence-corrected chi connectivity index (χ0v) is 16.5. The maximum Gasteiger partial charge on any atom is 0.339 e. The monoisotopic (exact) mass is 427 g/mol. The van der Waals surface area contributed by atoms with E-state index in [-0.39, 0.29) is 41.6 Å². The average Bonchev–Trinajstić information content (AvgIpc) is 3.25. The van der Waals surface area contributed by atoms with Crippen LogP contribution < -0.4 is 5.32 Å². The number of rotatable bonds is 8. The molecule has 1 amide bonds. The predicted molar refractivity (Wildman–Crippen MR) is 105 cm³/mol. The molecule has 0 aliphatic carbocycles. The average molecular weight is 427 g/mol. The van der Waals surface area contributed by atoms with E-state index in [2.05, 4.69) is 20.2 Å². The molecule has 2 aromatic carbocycles. The normalized spacial score (nSPS) is 10.4. The molecule has 0 bridgehead atoms. The fourth-order valence-corrected chi connectivity index (χ4v) is 2.57. The molecular formula is C21H18FN3O6. The Morgan fingerprint density at radius 3 is 2.58 bits per heavy atom. The molecule has 0 atom stereocenters. The van der Waals surface area contributed by atoms with E-state index in [4.69, 9.17) is 9.26 Å². The summed E-state index contributed by atoms with van der Waals surface area (Å²) in [7, 11) is 1.23. The van der Waals surface area contributed by atoms with E-state index >= 15 is 0 Å². The fraction of sp³-hybridized carbons (Fsp3) is 0.190. The van der Waals surface area contributed by atoms with Gasteiger partial charge in [0.05, 0.1) is 24.8 Å². The first-order chi connectivity index (χ1) is 15.0. The standard InChI is InChI=1S/C21H18FN3O6/c1-29-21(28)15-4-2-3-5-16(15)23-17(26)12-30-19(27)11-10-18-24-20(25-31-18)13-6-8-14(22)9-7-13/h2-9H,10-12H2,1H3,(H,23,26). The van der Waals surface area contributed by atoms with Gasteiger partial charge in [0.25, 0.3) is 5.91 Å². The Bertz CT molecular complexity index is 1080. The van der Waals surface area contributed by atoms with Crippen molar-refractivity contribution >= 4 is 23.5 Å². The van der Waals surface area contributed by atoms with Crippen LogP contribution >= 0.6 is 0 Å². The van der Waals surface area contributed by atoms with Gasteiger partial charge in [0.2, 0.25) is 11.7 Å². The first-order valence-electron chi connectivity index (χ1n) is 9.17. The number of anilines is 1. The highest BCUT2D eigenvalue weighted by molar-refractivity contribution is 6.01. The molecule has 0 aliphatic rings. The third-order valence-corrected chi connectivity index (χ3v) is 4.08. The summed E-state index contributed by atoms with van der Waals surface area (Å²) in [5.74, 6) is -1.76. The highest BCUT2D eigenvalue weighted by Crippen LogP contribution is 2.17. The lowest BCUT2D eigenvalue weighted by atomic mass is 10.2. The number of hydrogen-bond acceptors (Lipinski definition) is 8. The van der Waals surface area contributed by atoms with Crippen molar-refractivity contribution in [1.82, 2.24) is 10.1 Å². The first-order valence-corrected chi connectivity index (χ1v) is 9.17. The Kier molecular flexibility index (Phi) is 7.05. The summed E-state index contributed by atoms with van der Waals surface area (Å²) >= 11 is 0. The number of aryl methyl sites for hydroxylation is 1. The van der Waals surface area contributed by atoms with Crippen LogP contribution in [0.25, 0.3) is 11.4 Å². The number of ether oxygens (including phenoxy) is 2. The van der Waals surface area contributed by atoms with Gasteiger partial charge in [-0.1, -0.05) is 17.3 Å². The maximum atomic E-state index is 13.0. The molecule has 160 valence electrons. The van der Waals surface area contributed by atoms with Crippen molar-refractivity contribution < 1.29 is 32.8 Å². The smallest absolute Gasteiger partial charge is 0.339 e. The number of amides is 1. The van der Waals surface area contributed by atoms with Crippen LogP contribution in [0.2, 0.25) is 0 Å². The molecule has 0 saturated carbocycles. The number of methoxy groups -OCH3 is 1. The van der Waals surface area contributed by atoms with Crippen LogP contribution in [0.1, 0.15) is 22.7 Å². The summed E-state index contributed by atoms with van der Waals surface area (Å²) in [4.78, 5) is 39.8. The number of carbonyl (C=O) groups is 3. The second-order valence-electron chi connectivity index (χ2n) is 6.26.